The molecule has 0 saturated carbocycles. The lowest BCUT2D eigenvalue weighted by atomic mass is 9.97. The van der Waals surface area contributed by atoms with Gasteiger partial charge in [-0.2, -0.15) is 0 Å². The molecule has 1 fully saturated rings. The Morgan fingerprint density at radius 1 is 0.862 bits per heavy atom. The molecular weight excluding hydrogens is 430 g/mol. The highest BCUT2D eigenvalue weighted by Crippen LogP contribution is 2.26. The maximum absolute atomic E-state index is 13.3. The molecule has 3 aromatic carbocycles. The van der Waals surface area contributed by atoms with Crippen LogP contribution in [0, 0.1) is 0 Å². The Labute approximate surface area is 178 Å². The molecular formula is C24H20BrNO3. The minimum Gasteiger partial charge on any atom is -0.370 e. The van der Waals surface area contributed by atoms with Gasteiger partial charge in [-0.1, -0.05) is 76.6 Å². The molecule has 0 N–H and O–H groups in total. The summed E-state index contributed by atoms with van der Waals surface area (Å²) in [5, 5.41) is 0. The molecule has 3 aromatic rings. The van der Waals surface area contributed by atoms with Crippen LogP contribution in [0.15, 0.2) is 83.3 Å². The van der Waals surface area contributed by atoms with Crippen molar-refractivity contribution in [1.82, 2.24) is 4.90 Å². The van der Waals surface area contributed by atoms with Gasteiger partial charge in [0.05, 0.1) is 18.7 Å². The van der Waals surface area contributed by atoms with E-state index in [0.29, 0.717) is 36.4 Å². The number of carbonyl (C=O) groups excluding carboxylic acids is 2. The second-order valence-corrected chi connectivity index (χ2v) is 7.82. The van der Waals surface area contributed by atoms with Crippen molar-refractivity contribution in [3.8, 4) is 0 Å². The van der Waals surface area contributed by atoms with E-state index in [1.807, 2.05) is 42.5 Å². The van der Waals surface area contributed by atoms with Gasteiger partial charge < -0.3 is 9.64 Å². The maximum atomic E-state index is 13.3. The first kappa shape index (κ1) is 19.6. The van der Waals surface area contributed by atoms with Gasteiger partial charge in [-0.3, -0.25) is 9.59 Å². The van der Waals surface area contributed by atoms with Crippen LogP contribution in [0.25, 0.3) is 0 Å². The van der Waals surface area contributed by atoms with Crippen molar-refractivity contribution >= 4 is 27.6 Å². The van der Waals surface area contributed by atoms with Crippen molar-refractivity contribution in [3.63, 3.8) is 0 Å². The monoisotopic (exact) mass is 449 g/mol. The molecule has 0 aliphatic carbocycles. The van der Waals surface area contributed by atoms with E-state index in [1.54, 1.807) is 41.3 Å². The Balaban J connectivity index is 1.58. The zero-order valence-corrected chi connectivity index (χ0v) is 17.3. The number of morpholine rings is 1. The van der Waals surface area contributed by atoms with E-state index in [0.717, 1.165) is 10.0 Å². The van der Waals surface area contributed by atoms with Crippen molar-refractivity contribution in [2.24, 2.45) is 0 Å². The molecule has 1 saturated heterocycles. The van der Waals surface area contributed by atoms with E-state index < -0.39 is 0 Å². The lowest BCUT2D eigenvalue weighted by Crippen LogP contribution is -2.42. The molecule has 1 amide bonds. The number of nitrogens with zero attached hydrogens (tertiary/aromatic N) is 1. The Hall–Kier alpha value is -2.76. The highest BCUT2D eigenvalue weighted by Gasteiger charge is 2.28. The molecule has 1 unspecified atom stereocenters. The summed E-state index contributed by atoms with van der Waals surface area (Å²) in [5.41, 5.74) is 2.45. The van der Waals surface area contributed by atoms with Gasteiger partial charge in [-0.15, -0.1) is 0 Å². The molecule has 146 valence electrons. The number of ketones is 1. The van der Waals surface area contributed by atoms with E-state index in [4.69, 9.17) is 4.74 Å². The van der Waals surface area contributed by atoms with Gasteiger partial charge in [0.15, 0.2) is 5.78 Å². The fraction of sp³-hybridized carbons (Fsp3) is 0.167. The highest BCUT2D eigenvalue weighted by molar-refractivity contribution is 9.10. The van der Waals surface area contributed by atoms with E-state index in [1.165, 1.54) is 0 Å². The Bertz CT molecular complexity index is 1020. The number of benzene rings is 3. The van der Waals surface area contributed by atoms with Crippen LogP contribution in [0.5, 0.6) is 0 Å². The molecule has 1 atom stereocenters. The smallest absolute Gasteiger partial charge is 0.254 e. The Morgan fingerprint density at radius 2 is 1.52 bits per heavy atom. The molecule has 4 nitrogen and oxygen atoms in total. The second-order valence-electron chi connectivity index (χ2n) is 6.90. The van der Waals surface area contributed by atoms with Crippen molar-refractivity contribution in [3.05, 3.63) is 106 Å². The number of halogens is 1. The highest BCUT2D eigenvalue weighted by atomic mass is 79.9. The predicted molar refractivity (Wildman–Crippen MR) is 115 cm³/mol. The maximum Gasteiger partial charge on any atom is 0.254 e. The van der Waals surface area contributed by atoms with Crippen LogP contribution in [0.4, 0.5) is 0 Å². The first-order chi connectivity index (χ1) is 14.1. The summed E-state index contributed by atoms with van der Waals surface area (Å²) < 4.78 is 6.89. The molecule has 1 heterocycles. The molecule has 0 aromatic heterocycles. The average molecular weight is 450 g/mol. The van der Waals surface area contributed by atoms with Gasteiger partial charge in [-0.25, -0.2) is 0 Å². The van der Waals surface area contributed by atoms with Gasteiger partial charge in [0.25, 0.3) is 5.91 Å². The molecule has 0 spiro atoms. The first-order valence-corrected chi connectivity index (χ1v) is 10.3. The Kier molecular flexibility index (Phi) is 5.88. The summed E-state index contributed by atoms with van der Waals surface area (Å²) in [6.07, 6.45) is -0.183. The Morgan fingerprint density at radius 3 is 2.24 bits per heavy atom. The minimum atomic E-state index is -0.183. The summed E-state index contributed by atoms with van der Waals surface area (Å²) in [4.78, 5) is 28.0. The molecule has 0 bridgehead atoms. The third-order valence-corrected chi connectivity index (χ3v) is 5.56. The molecule has 5 heteroatoms. The zero-order chi connectivity index (χ0) is 20.2. The SMILES string of the molecule is O=C(c1ccccc1)c1ccccc1C(=O)N1CCOC(c2ccc(Br)cc2)C1. The number of amides is 1. The topological polar surface area (TPSA) is 46.6 Å². The fourth-order valence-corrected chi connectivity index (χ4v) is 3.76. The fourth-order valence-electron chi connectivity index (χ4n) is 3.50. The molecule has 1 aliphatic heterocycles. The third kappa shape index (κ3) is 4.31. The van der Waals surface area contributed by atoms with Gasteiger partial charge in [0.2, 0.25) is 0 Å². The number of carbonyl (C=O) groups is 2. The van der Waals surface area contributed by atoms with Crippen LogP contribution in [0.3, 0.4) is 0 Å². The standard InChI is InChI=1S/C24H20BrNO3/c25-19-12-10-17(11-13-19)22-16-26(14-15-29-22)24(28)21-9-5-4-8-20(21)23(27)18-6-2-1-3-7-18/h1-13,22H,14-16H2. The van der Waals surface area contributed by atoms with Gasteiger partial charge in [0, 0.05) is 22.1 Å². The molecule has 1 aliphatic rings. The zero-order valence-electron chi connectivity index (χ0n) is 15.8. The number of ether oxygens (including phenoxy) is 1. The van der Waals surface area contributed by atoms with E-state index in [9.17, 15) is 9.59 Å². The van der Waals surface area contributed by atoms with Crippen LogP contribution in [0.2, 0.25) is 0 Å². The van der Waals surface area contributed by atoms with Gasteiger partial charge in [-0.05, 0) is 23.8 Å². The normalized spacial score (nSPS) is 16.4. The number of hydrogen-bond donors (Lipinski definition) is 0. The van der Waals surface area contributed by atoms with Crippen molar-refractivity contribution in [1.29, 1.82) is 0 Å². The quantitative estimate of drug-likeness (QED) is 0.532. The first-order valence-electron chi connectivity index (χ1n) is 9.48. The van der Waals surface area contributed by atoms with Crippen LogP contribution >= 0.6 is 15.9 Å². The average Bonchev–Trinajstić information content (AvgIpc) is 2.79. The molecule has 0 radical (unpaired) electrons. The van der Waals surface area contributed by atoms with Crippen molar-refractivity contribution in [2.75, 3.05) is 19.7 Å². The van der Waals surface area contributed by atoms with E-state index >= 15 is 0 Å². The summed E-state index contributed by atoms with van der Waals surface area (Å²) in [6.45, 7) is 1.41. The summed E-state index contributed by atoms with van der Waals surface area (Å²) in [7, 11) is 0. The van der Waals surface area contributed by atoms with E-state index in [-0.39, 0.29) is 17.8 Å². The van der Waals surface area contributed by atoms with Crippen LogP contribution in [-0.2, 0) is 4.74 Å². The lowest BCUT2D eigenvalue weighted by molar-refractivity contribution is -0.0228. The lowest BCUT2D eigenvalue weighted by Gasteiger charge is -2.33. The van der Waals surface area contributed by atoms with Crippen molar-refractivity contribution in [2.45, 2.75) is 6.10 Å². The number of hydrogen-bond acceptors (Lipinski definition) is 3. The third-order valence-electron chi connectivity index (χ3n) is 5.03. The van der Waals surface area contributed by atoms with Crippen LogP contribution < -0.4 is 0 Å². The van der Waals surface area contributed by atoms with Crippen LogP contribution in [0.1, 0.15) is 37.9 Å². The predicted octanol–water partition coefficient (Wildman–Crippen LogP) is 4.89. The summed E-state index contributed by atoms with van der Waals surface area (Å²) >= 11 is 3.44. The summed E-state index contributed by atoms with van der Waals surface area (Å²) in [5.74, 6) is -0.289. The van der Waals surface area contributed by atoms with Crippen molar-refractivity contribution < 1.29 is 14.3 Å². The number of rotatable bonds is 4. The summed E-state index contributed by atoms with van der Waals surface area (Å²) in [6, 6.07) is 24.0. The van der Waals surface area contributed by atoms with Gasteiger partial charge in [0.1, 0.15) is 6.10 Å². The molecule has 29 heavy (non-hydrogen) atoms. The minimum absolute atomic E-state index is 0.143. The van der Waals surface area contributed by atoms with Gasteiger partial charge >= 0.3 is 0 Å². The van der Waals surface area contributed by atoms with E-state index in [2.05, 4.69) is 15.9 Å². The second kappa shape index (κ2) is 8.72. The van der Waals surface area contributed by atoms with Crippen LogP contribution in [-0.4, -0.2) is 36.3 Å². The largest absolute Gasteiger partial charge is 0.370 e. The molecule has 4 rings (SSSR count).